The Morgan fingerprint density at radius 2 is 1.83 bits per heavy atom. The number of hydrogen-bond acceptors (Lipinski definition) is 6. The smallest absolute Gasteiger partial charge is 0.254 e. The highest BCUT2D eigenvalue weighted by atomic mass is 16.5. The zero-order chi connectivity index (χ0) is 24.0. The van der Waals surface area contributed by atoms with E-state index in [-0.39, 0.29) is 11.8 Å². The lowest BCUT2D eigenvalue weighted by molar-refractivity contribution is 0.0703. The number of imidazole rings is 1. The molecule has 3 heterocycles. The molecule has 1 atom stereocenters. The van der Waals surface area contributed by atoms with Gasteiger partial charge in [0.05, 0.1) is 13.4 Å². The van der Waals surface area contributed by atoms with Crippen molar-refractivity contribution in [1.82, 2.24) is 24.4 Å². The first-order valence-corrected chi connectivity index (χ1v) is 11.7. The van der Waals surface area contributed by atoms with Gasteiger partial charge >= 0.3 is 0 Å². The Labute approximate surface area is 204 Å². The number of hydrogen-bond donors (Lipinski definition) is 0. The van der Waals surface area contributed by atoms with Crippen molar-refractivity contribution < 1.29 is 14.3 Å². The third-order valence-corrected chi connectivity index (χ3v) is 6.22. The minimum absolute atomic E-state index is 0.0203. The number of piperidine rings is 1. The molecule has 0 N–H and O–H groups in total. The van der Waals surface area contributed by atoms with Crippen LogP contribution in [0.2, 0.25) is 0 Å². The van der Waals surface area contributed by atoms with Crippen molar-refractivity contribution in [3.05, 3.63) is 96.5 Å². The van der Waals surface area contributed by atoms with Crippen molar-refractivity contribution in [1.29, 1.82) is 0 Å². The second-order valence-corrected chi connectivity index (χ2v) is 8.48. The molecule has 8 nitrogen and oxygen atoms in total. The maximum absolute atomic E-state index is 13.6. The molecule has 178 valence electrons. The second-order valence-electron chi connectivity index (χ2n) is 8.48. The van der Waals surface area contributed by atoms with Crippen LogP contribution >= 0.6 is 0 Å². The highest BCUT2D eigenvalue weighted by Crippen LogP contribution is 2.36. The molecule has 0 saturated carbocycles. The predicted octanol–water partition coefficient (Wildman–Crippen LogP) is 4.54. The number of carbonyl (C=O) groups is 1. The van der Waals surface area contributed by atoms with Crippen LogP contribution in [0, 0.1) is 0 Å². The number of carbonyl (C=O) groups excluding carboxylic acids is 1. The Hall–Kier alpha value is -4.20. The lowest BCUT2D eigenvalue weighted by atomic mass is 9.93. The minimum Gasteiger partial charge on any atom is -0.493 e. The molecule has 8 heteroatoms. The lowest BCUT2D eigenvalue weighted by Crippen LogP contribution is -2.39. The summed E-state index contributed by atoms with van der Waals surface area (Å²) in [5, 5.41) is 0. The summed E-state index contributed by atoms with van der Waals surface area (Å²) in [6.07, 6.45) is 10.5. The standard InChI is InChI=1S/C27H27N5O3/c1-34-23-10-4-5-11-24(23)35-26-25(29-12-13-30-26)21-8-6-15-32(18-21)27(33)22-9-3-2-7-20(22)17-31-16-14-28-19-31/h2-5,7,9-14,16,19,21H,6,8,15,17-18H2,1H3/t21-/m1/s1. The van der Waals surface area contributed by atoms with E-state index < -0.39 is 0 Å². The SMILES string of the molecule is COc1ccccc1Oc1nccnc1[C@@H]1CCCN(C(=O)c2ccccc2Cn2ccnc2)C1. The number of methoxy groups -OCH3 is 1. The molecular weight excluding hydrogens is 442 g/mol. The maximum atomic E-state index is 13.6. The van der Waals surface area contributed by atoms with Crippen molar-refractivity contribution >= 4 is 5.91 Å². The van der Waals surface area contributed by atoms with Gasteiger partial charge in [-0.15, -0.1) is 0 Å². The summed E-state index contributed by atoms with van der Waals surface area (Å²) < 4.78 is 13.5. The van der Waals surface area contributed by atoms with Gasteiger partial charge in [-0.3, -0.25) is 9.78 Å². The van der Waals surface area contributed by atoms with Crippen LogP contribution in [-0.4, -0.2) is 50.5 Å². The summed E-state index contributed by atoms with van der Waals surface area (Å²) in [5.41, 5.74) is 2.44. The zero-order valence-electron chi connectivity index (χ0n) is 19.6. The Morgan fingerprint density at radius 1 is 1.03 bits per heavy atom. The van der Waals surface area contributed by atoms with Crippen LogP contribution in [0.5, 0.6) is 17.4 Å². The van der Waals surface area contributed by atoms with E-state index in [1.807, 2.05) is 64.2 Å². The lowest BCUT2D eigenvalue weighted by Gasteiger charge is -2.33. The molecule has 0 unspecified atom stereocenters. The van der Waals surface area contributed by atoms with E-state index in [1.165, 1.54) is 0 Å². The van der Waals surface area contributed by atoms with Crippen LogP contribution in [0.1, 0.15) is 40.4 Å². The van der Waals surface area contributed by atoms with E-state index in [9.17, 15) is 4.79 Å². The summed E-state index contributed by atoms with van der Waals surface area (Å²) in [6.45, 7) is 1.86. The summed E-state index contributed by atoms with van der Waals surface area (Å²) in [5.74, 6) is 1.69. The topological polar surface area (TPSA) is 82.4 Å². The number of aromatic nitrogens is 4. The molecule has 1 aliphatic rings. The number of para-hydroxylation sites is 2. The maximum Gasteiger partial charge on any atom is 0.254 e. The van der Waals surface area contributed by atoms with Crippen molar-refractivity contribution in [2.24, 2.45) is 0 Å². The quantitative estimate of drug-likeness (QED) is 0.395. The highest BCUT2D eigenvalue weighted by molar-refractivity contribution is 5.95. The number of likely N-dealkylation sites (tertiary alicyclic amines) is 1. The molecule has 1 amide bonds. The molecule has 0 spiro atoms. The van der Waals surface area contributed by atoms with Gasteiger partial charge in [0.15, 0.2) is 11.5 Å². The van der Waals surface area contributed by atoms with Gasteiger partial charge in [0.2, 0.25) is 5.88 Å². The van der Waals surface area contributed by atoms with Crippen molar-refractivity contribution in [3.8, 4) is 17.4 Å². The van der Waals surface area contributed by atoms with Gasteiger partial charge in [-0.25, -0.2) is 9.97 Å². The third kappa shape index (κ3) is 5.01. The Bertz CT molecular complexity index is 1290. The van der Waals surface area contributed by atoms with E-state index in [1.54, 1.807) is 32.0 Å². The van der Waals surface area contributed by atoms with Crippen LogP contribution in [0.15, 0.2) is 79.6 Å². The zero-order valence-corrected chi connectivity index (χ0v) is 19.6. The normalized spacial score (nSPS) is 15.6. The Morgan fingerprint density at radius 3 is 2.66 bits per heavy atom. The molecule has 1 aliphatic heterocycles. The van der Waals surface area contributed by atoms with Crippen molar-refractivity contribution in [2.75, 3.05) is 20.2 Å². The number of ether oxygens (including phenoxy) is 2. The summed E-state index contributed by atoms with van der Waals surface area (Å²) in [6, 6.07) is 15.2. The average Bonchev–Trinajstić information content (AvgIpc) is 3.42. The molecule has 2 aromatic heterocycles. The fourth-order valence-electron chi connectivity index (χ4n) is 4.50. The average molecular weight is 470 g/mol. The molecule has 4 aromatic rings. The molecule has 1 fully saturated rings. The molecular formula is C27H27N5O3. The molecule has 5 rings (SSSR count). The summed E-state index contributed by atoms with van der Waals surface area (Å²) in [7, 11) is 1.61. The van der Waals surface area contributed by atoms with Crippen LogP contribution in [-0.2, 0) is 6.54 Å². The van der Waals surface area contributed by atoms with Gasteiger partial charge in [-0.2, -0.15) is 0 Å². The predicted molar refractivity (Wildman–Crippen MR) is 131 cm³/mol. The Balaban J connectivity index is 1.37. The highest BCUT2D eigenvalue weighted by Gasteiger charge is 2.30. The van der Waals surface area contributed by atoms with Gasteiger partial charge in [0.1, 0.15) is 5.69 Å². The monoisotopic (exact) mass is 469 g/mol. The molecule has 35 heavy (non-hydrogen) atoms. The molecule has 1 saturated heterocycles. The van der Waals surface area contributed by atoms with Gasteiger partial charge in [-0.05, 0) is 36.6 Å². The van der Waals surface area contributed by atoms with Crippen molar-refractivity contribution in [3.63, 3.8) is 0 Å². The van der Waals surface area contributed by atoms with Crippen LogP contribution in [0.3, 0.4) is 0 Å². The minimum atomic E-state index is 0.0203. The van der Waals surface area contributed by atoms with E-state index in [0.717, 1.165) is 24.1 Å². The van der Waals surface area contributed by atoms with Crippen LogP contribution in [0.4, 0.5) is 0 Å². The fourth-order valence-corrected chi connectivity index (χ4v) is 4.50. The summed E-state index contributed by atoms with van der Waals surface area (Å²) in [4.78, 5) is 28.7. The van der Waals surface area contributed by atoms with E-state index >= 15 is 0 Å². The van der Waals surface area contributed by atoms with E-state index in [2.05, 4.69) is 15.0 Å². The molecule has 0 radical (unpaired) electrons. The molecule has 0 aliphatic carbocycles. The van der Waals surface area contributed by atoms with E-state index in [4.69, 9.17) is 9.47 Å². The first-order chi connectivity index (χ1) is 17.2. The number of benzene rings is 2. The van der Waals surface area contributed by atoms with Gasteiger partial charge in [-0.1, -0.05) is 30.3 Å². The van der Waals surface area contributed by atoms with Gasteiger partial charge < -0.3 is 18.9 Å². The summed E-state index contributed by atoms with van der Waals surface area (Å²) >= 11 is 0. The molecule has 2 aromatic carbocycles. The van der Waals surface area contributed by atoms with Gasteiger partial charge in [0, 0.05) is 55.9 Å². The number of rotatable bonds is 7. The first kappa shape index (κ1) is 22.6. The van der Waals surface area contributed by atoms with Crippen molar-refractivity contribution in [2.45, 2.75) is 25.3 Å². The van der Waals surface area contributed by atoms with Crippen LogP contribution < -0.4 is 9.47 Å². The van der Waals surface area contributed by atoms with E-state index in [0.29, 0.717) is 42.6 Å². The second kappa shape index (κ2) is 10.4. The largest absolute Gasteiger partial charge is 0.493 e. The van der Waals surface area contributed by atoms with Gasteiger partial charge in [0.25, 0.3) is 5.91 Å². The fraction of sp³-hybridized carbons (Fsp3) is 0.259. The number of nitrogens with zero attached hydrogens (tertiary/aromatic N) is 5. The van der Waals surface area contributed by atoms with Crippen LogP contribution in [0.25, 0.3) is 0 Å². The third-order valence-electron chi connectivity index (χ3n) is 6.22. The Kier molecular flexibility index (Phi) is 6.70. The molecule has 0 bridgehead atoms. The first-order valence-electron chi connectivity index (χ1n) is 11.7. The number of amides is 1.